The lowest BCUT2D eigenvalue weighted by molar-refractivity contribution is -0.244. The molecule has 1 aliphatic rings. The highest BCUT2D eigenvalue weighted by Gasteiger charge is 2.46. The van der Waals surface area contributed by atoms with Crippen molar-refractivity contribution in [2.75, 3.05) is 18.9 Å². The maximum Gasteiger partial charge on any atom is 0.351 e. The molecule has 8 heteroatoms. The standard InChI is InChI=1S/C15H27N3O4Si/c1-15(2,3)23(4,5)21-9-11-10(8-19)13(22-11)18-7-6-12(16)17-14(18)20/h6-7,10-11,13,19H,8-9H2,1-5H3,(H2,16,17,20)/t10-,11-,13-/m1/s1. The summed E-state index contributed by atoms with van der Waals surface area (Å²) in [7, 11) is -1.87. The number of aliphatic hydroxyl groups excluding tert-OH is 1. The first kappa shape index (κ1) is 18.1. The van der Waals surface area contributed by atoms with Gasteiger partial charge in [-0.15, -0.1) is 0 Å². The van der Waals surface area contributed by atoms with E-state index in [1.807, 2.05) is 0 Å². The Balaban J connectivity index is 2.02. The summed E-state index contributed by atoms with van der Waals surface area (Å²) in [6.45, 7) is 11.2. The fraction of sp³-hybridized carbons (Fsp3) is 0.733. The molecule has 23 heavy (non-hydrogen) atoms. The number of ether oxygens (including phenoxy) is 1. The van der Waals surface area contributed by atoms with Crippen LogP contribution in [-0.4, -0.2) is 42.3 Å². The first-order valence-corrected chi connectivity index (χ1v) is 10.7. The zero-order chi connectivity index (χ0) is 17.4. The van der Waals surface area contributed by atoms with Gasteiger partial charge in [-0.2, -0.15) is 4.98 Å². The van der Waals surface area contributed by atoms with E-state index in [2.05, 4.69) is 38.8 Å². The van der Waals surface area contributed by atoms with Gasteiger partial charge in [0, 0.05) is 6.20 Å². The van der Waals surface area contributed by atoms with Crippen LogP contribution in [0, 0.1) is 5.92 Å². The molecule has 1 aromatic rings. The number of rotatable bonds is 5. The molecular weight excluding hydrogens is 314 g/mol. The van der Waals surface area contributed by atoms with Gasteiger partial charge in [-0.25, -0.2) is 4.79 Å². The van der Waals surface area contributed by atoms with Gasteiger partial charge in [-0.3, -0.25) is 4.57 Å². The van der Waals surface area contributed by atoms with Gasteiger partial charge in [0.25, 0.3) is 0 Å². The summed E-state index contributed by atoms with van der Waals surface area (Å²) in [5.74, 6) is -0.0215. The number of nitrogens with two attached hydrogens (primary N) is 1. The van der Waals surface area contributed by atoms with Gasteiger partial charge in [0.05, 0.1) is 25.2 Å². The zero-order valence-corrected chi connectivity index (χ0v) is 15.4. The third-order valence-electron chi connectivity index (χ3n) is 4.91. The van der Waals surface area contributed by atoms with Crippen LogP contribution in [0.1, 0.15) is 27.0 Å². The minimum absolute atomic E-state index is 0.0764. The number of anilines is 1. The summed E-state index contributed by atoms with van der Waals surface area (Å²) in [4.78, 5) is 15.6. The van der Waals surface area contributed by atoms with E-state index in [9.17, 15) is 9.90 Å². The van der Waals surface area contributed by atoms with E-state index in [-0.39, 0.29) is 29.5 Å². The van der Waals surface area contributed by atoms with Gasteiger partial charge >= 0.3 is 5.69 Å². The topological polar surface area (TPSA) is 99.6 Å². The molecule has 130 valence electrons. The Kier molecular flexibility index (Phi) is 5.00. The van der Waals surface area contributed by atoms with Crippen molar-refractivity contribution in [3.63, 3.8) is 0 Å². The molecule has 0 amide bonds. The number of hydrogen-bond acceptors (Lipinski definition) is 6. The van der Waals surface area contributed by atoms with E-state index in [4.69, 9.17) is 14.9 Å². The molecule has 0 saturated carbocycles. The summed E-state index contributed by atoms with van der Waals surface area (Å²) < 4.78 is 13.3. The van der Waals surface area contributed by atoms with Crippen molar-refractivity contribution in [2.24, 2.45) is 5.92 Å². The highest BCUT2D eigenvalue weighted by molar-refractivity contribution is 6.74. The van der Waals surface area contributed by atoms with E-state index in [0.717, 1.165) is 0 Å². The predicted molar refractivity (Wildman–Crippen MR) is 90.5 cm³/mol. The van der Waals surface area contributed by atoms with Crippen LogP contribution in [0.3, 0.4) is 0 Å². The Hall–Kier alpha value is -1.22. The van der Waals surface area contributed by atoms with E-state index >= 15 is 0 Å². The van der Waals surface area contributed by atoms with Crippen LogP contribution in [0.2, 0.25) is 18.1 Å². The van der Waals surface area contributed by atoms with Gasteiger partial charge in [-0.05, 0) is 24.2 Å². The van der Waals surface area contributed by atoms with Crippen molar-refractivity contribution in [3.8, 4) is 0 Å². The number of nitrogen functional groups attached to an aromatic ring is 1. The summed E-state index contributed by atoms with van der Waals surface area (Å²) in [5.41, 5.74) is 5.01. The normalized spacial score (nSPS) is 25.2. The smallest absolute Gasteiger partial charge is 0.351 e. The molecule has 0 bridgehead atoms. The molecule has 1 aliphatic heterocycles. The molecule has 1 saturated heterocycles. The van der Waals surface area contributed by atoms with E-state index < -0.39 is 20.2 Å². The Morgan fingerprint density at radius 3 is 2.65 bits per heavy atom. The fourth-order valence-corrected chi connectivity index (χ4v) is 3.26. The fourth-order valence-electron chi connectivity index (χ4n) is 2.24. The molecule has 1 fully saturated rings. The molecule has 3 atom stereocenters. The van der Waals surface area contributed by atoms with Crippen molar-refractivity contribution in [3.05, 3.63) is 22.7 Å². The molecule has 0 aromatic carbocycles. The number of aliphatic hydroxyl groups is 1. The Bertz CT molecular complexity index is 611. The van der Waals surface area contributed by atoms with Crippen LogP contribution < -0.4 is 11.4 Å². The van der Waals surface area contributed by atoms with Crippen LogP contribution in [0.25, 0.3) is 0 Å². The summed E-state index contributed by atoms with van der Waals surface area (Å²) in [6, 6.07) is 1.54. The van der Waals surface area contributed by atoms with Crippen LogP contribution in [-0.2, 0) is 9.16 Å². The van der Waals surface area contributed by atoms with Gasteiger partial charge < -0.3 is 20.0 Å². The van der Waals surface area contributed by atoms with Crippen LogP contribution >= 0.6 is 0 Å². The number of aromatic nitrogens is 2. The van der Waals surface area contributed by atoms with E-state index in [1.165, 1.54) is 4.57 Å². The second-order valence-corrected chi connectivity index (χ2v) is 12.3. The first-order valence-electron chi connectivity index (χ1n) is 7.82. The lowest BCUT2D eigenvalue weighted by Gasteiger charge is -2.46. The second kappa shape index (κ2) is 6.35. The van der Waals surface area contributed by atoms with Crippen LogP contribution in [0.15, 0.2) is 17.1 Å². The monoisotopic (exact) mass is 341 g/mol. The quantitative estimate of drug-likeness (QED) is 0.784. The number of hydrogen-bond donors (Lipinski definition) is 2. The van der Waals surface area contributed by atoms with Crippen LogP contribution in [0.5, 0.6) is 0 Å². The SMILES string of the molecule is CC(C)(C)[Si](C)(C)OC[C@H]1O[C@@H](n2ccc(N)nc2=O)[C@@H]1CO. The molecule has 2 rings (SSSR count). The first-order chi connectivity index (χ1) is 10.6. The highest BCUT2D eigenvalue weighted by atomic mass is 28.4. The molecular formula is C15H27N3O4Si. The average molecular weight is 341 g/mol. The van der Waals surface area contributed by atoms with Crippen molar-refractivity contribution in [1.29, 1.82) is 0 Å². The Morgan fingerprint density at radius 2 is 2.13 bits per heavy atom. The van der Waals surface area contributed by atoms with Crippen LogP contribution in [0.4, 0.5) is 5.82 Å². The lowest BCUT2D eigenvalue weighted by atomic mass is 9.95. The highest BCUT2D eigenvalue weighted by Crippen LogP contribution is 2.40. The van der Waals surface area contributed by atoms with Crippen molar-refractivity contribution in [1.82, 2.24) is 9.55 Å². The summed E-state index contributed by atoms with van der Waals surface area (Å²) in [6.07, 6.45) is 0.806. The maximum absolute atomic E-state index is 11.9. The maximum atomic E-state index is 11.9. The Morgan fingerprint density at radius 1 is 1.48 bits per heavy atom. The van der Waals surface area contributed by atoms with Gasteiger partial charge in [0.2, 0.25) is 0 Å². The summed E-state index contributed by atoms with van der Waals surface area (Å²) in [5, 5.41) is 9.75. The molecule has 0 spiro atoms. The molecule has 0 aliphatic carbocycles. The van der Waals surface area contributed by atoms with Gasteiger partial charge in [0.15, 0.2) is 8.32 Å². The third kappa shape index (κ3) is 3.65. The van der Waals surface area contributed by atoms with Gasteiger partial charge in [0.1, 0.15) is 12.0 Å². The van der Waals surface area contributed by atoms with E-state index in [0.29, 0.717) is 6.61 Å². The Labute approximate surface area is 137 Å². The molecule has 0 unspecified atom stereocenters. The molecule has 0 radical (unpaired) electrons. The van der Waals surface area contributed by atoms with Crippen molar-refractivity contribution < 1.29 is 14.3 Å². The minimum Gasteiger partial charge on any atom is -0.414 e. The minimum atomic E-state index is -1.87. The lowest BCUT2D eigenvalue weighted by Crippen LogP contribution is -2.54. The third-order valence-corrected chi connectivity index (χ3v) is 9.41. The number of nitrogens with zero attached hydrogens (tertiary/aromatic N) is 2. The molecule has 7 nitrogen and oxygen atoms in total. The molecule has 2 heterocycles. The molecule has 3 N–H and O–H groups in total. The van der Waals surface area contributed by atoms with Crippen molar-refractivity contribution in [2.45, 2.75) is 51.2 Å². The van der Waals surface area contributed by atoms with E-state index in [1.54, 1.807) is 12.3 Å². The average Bonchev–Trinajstić information content (AvgIpc) is 2.38. The zero-order valence-electron chi connectivity index (χ0n) is 14.4. The van der Waals surface area contributed by atoms with Gasteiger partial charge in [-0.1, -0.05) is 20.8 Å². The summed E-state index contributed by atoms with van der Waals surface area (Å²) >= 11 is 0. The predicted octanol–water partition coefficient (Wildman–Crippen LogP) is 1.35. The van der Waals surface area contributed by atoms with Crippen molar-refractivity contribution >= 4 is 14.1 Å². The molecule has 1 aromatic heterocycles. The largest absolute Gasteiger partial charge is 0.414 e. The second-order valence-electron chi connectivity index (χ2n) is 7.53.